The van der Waals surface area contributed by atoms with Crippen LogP contribution in [-0.2, 0) is 33.7 Å². The third kappa shape index (κ3) is 11.8. The molecule has 0 aliphatic carbocycles. The lowest BCUT2D eigenvalue weighted by atomic mass is 9.84. The van der Waals surface area contributed by atoms with E-state index in [1.54, 1.807) is 9.80 Å². The Kier molecular flexibility index (Phi) is 14.2. The van der Waals surface area contributed by atoms with Gasteiger partial charge in [-0.25, -0.2) is 9.59 Å². The summed E-state index contributed by atoms with van der Waals surface area (Å²) >= 11 is 0. The fourth-order valence-electron chi connectivity index (χ4n) is 6.97. The fourth-order valence-corrected chi connectivity index (χ4v) is 6.97. The maximum absolute atomic E-state index is 14.4. The van der Waals surface area contributed by atoms with Crippen LogP contribution in [0.1, 0.15) is 70.5 Å². The summed E-state index contributed by atoms with van der Waals surface area (Å²) in [6.07, 6.45) is -1.05. The van der Waals surface area contributed by atoms with E-state index >= 15 is 0 Å². The lowest BCUT2D eigenvalue weighted by molar-refractivity contribution is -0.130. The van der Waals surface area contributed by atoms with E-state index in [0.717, 1.165) is 22.5 Å². The van der Waals surface area contributed by atoms with Crippen LogP contribution in [0.4, 0.5) is 9.59 Å². The van der Waals surface area contributed by atoms with Crippen molar-refractivity contribution in [3.05, 3.63) is 101 Å². The van der Waals surface area contributed by atoms with Crippen LogP contribution in [-0.4, -0.2) is 94.3 Å². The van der Waals surface area contributed by atoms with Gasteiger partial charge in [0.05, 0.1) is 31.5 Å². The number of nitrogens with one attached hydrogen (secondary N) is 3. The zero-order valence-electron chi connectivity index (χ0n) is 33.0. The first-order chi connectivity index (χ1) is 25.5. The van der Waals surface area contributed by atoms with Crippen molar-refractivity contribution in [3.63, 3.8) is 0 Å². The Labute approximate surface area is 320 Å². The number of aliphatic hydroxyl groups excluding tert-OH is 1. The van der Waals surface area contributed by atoms with Gasteiger partial charge in [-0.15, -0.1) is 0 Å². The van der Waals surface area contributed by atoms with Crippen molar-refractivity contribution in [1.29, 1.82) is 0 Å². The molecular weight excluding hydrogens is 684 g/mol. The predicted octanol–water partition coefficient (Wildman–Crippen LogP) is 5.02. The number of rotatable bonds is 15. The van der Waals surface area contributed by atoms with Gasteiger partial charge in [-0.3, -0.25) is 14.6 Å². The van der Waals surface area contributed by atoms with Gasteiger partial charge < -0.3 is 35.6 Å². The number of aliphatic hydroxyl groups is 1. The van der Waals surface area contributed by atoms with Gasteiger partial charge in [0.1, 0.15) is 12.1 Å². The Morgan fingerprint density at radius 1 is 0.796 bits per heavy atom. The van der Waals surface area contributed by atoms with E-state index in [0.29, 0.717) is 32.5 Å². The molecule has 2 heterocycles. The molecule has 1 saturated heterocycles. The number of methoxy groups -OCH3 is 1. The number of pyridine rings is 1. The minimum atomic E-state index is -1.11. The van der Waals surface area contributed by atoms with Gasteiger partial charge in [0.2, 0.25) is 11.8 Å². The fraction of sp³-hybridized carbons (Fsp3) is 0.500. The van der Waals surface area contributed by atoms with Crippen molar-refractivity contribution >= 4 is 23.9 Å². The van der Waals surface area contributed by atoms with Gasteiger partial charge in [-0.2, -0.15) is 0 Å². The predicted molar refractivity (Wildman–Crippen MR) is 208 cm³/mol. The topological polar surface area (TPSA) is 153 Å². The Morgan fingerprint density at radius 3 is 1.96 bits per heavy atom. The number of carbonyl (C=O) groups is 4. The summed E-state index contributed by atoms with van der Waals surface area (Å²) in [6, 6.07) is 21.6. The number of urea groups is 1. The smallest absolute Gasteiger partial charge is 0.407 e. The second-order valence-electron chi connectivity index (χ2n) is 16.4. The number of benzene rings is 2. The summed E-state index contributed by atoms with van der Waals surface area (Å²) in [6.45, 7) is 14.4. The van der Waals surface area contributed by atoms with E-state index in [1.807, 2.05) is 127 Å². The highest BCUT2D eigenvalue weighted by Gasteiger charge is 2.44. The van der Waals surface area contributed by atoms with Crippen molar-refractivity contribution in [1.82, 2.24) is 30.7 Å². The minimum absolute atomic E-state index is 0.0962. The summed E-state index contributed by atoms with van der Waals surface area (Å²) in [4.78, 5) is 62.3. The first-order valence-electron chi connectivity index (χ1n) is 18.7. The molecule has 292 valence electrons. The zero-order chi connectivity index (χ0) is 39.6. The maximum atomic E-state index is 14.4. The van der Waals surface area contributed by atoms with E-state index in [-0.39, 0.29) is 18.4 Å². The number of alkyl carbamates (subject to hydrolysis) is 1. The van der Waals surface area contributed by atoms with Crippen LogP contribution in [0.3, 0.4) is 0 Å². The first-order valence-corrected chi connectivity index (χ1v) is 18.7. The highest BCUT2D eigenvalue weighted by molar-refractivity contribution is 5.89. The molecular formula is C42H58N6O6. The Hall–Kier alpha value is -4.97. The molecule has 0 radical (unpaired) electrons. The van der Waals surface area contributed by atoms with Gasteiger partial charge in [-0.1, -0.05) is 108 Å². The van der Waals surface area contributed by atoms with E-state index in [1.165, 1.54) is 7.11 Å². The summed E-state index contributed by atoms with van der Waals surface area (Å²) in [5.74, 6) is -0.791. The third-order valence-corrected chi connectivity index (χ3v) is 9.67. The van der Waals surface area contributed by atoms with Gasteiger partial charge in [0.25, 0.3) is 0 Å². The van der Waals surface area contributed by atoms with Crippen molar-refractivity contribution < 1.29 is 29.0 Å². The molecule has 54 heavy (non-hydrogen) atoms. The molecule has 5 amide bonds. The van der Waals surface area contributed by atoms with E-state index in [9.17, 15) is 24.3 Å². The summed E-state index contributed by atoms with van der Waals surface area (Å²) < 4.78 is 4.79. The number of aromatic nitrogens is 1. The number of nitrogens with zero attached hydrogens (tertiary/aromatic N) is 3. The van der Waals surface area contributed by atoms with Crippen molar-refractivity contribution in [2.45, 2.75) is 105 Å². The Bertz CT molecular complexity index is 1710. The summed E-state index contributed by atoms with van der Waals surface area (Å²) in [7, 11) is 1.24. The molecule has 3 aromatic rings. The molecule has 5 atom stereocenters. The van der Waals surface area contributed by atoms with Crippen LogP contribution in [0.5, 0.6) is 0 Å². The van der Waals surface area contributed by atoms with Crippen LogP contribution in [0, 0.1) is 17.8 Å². The molecule has 1 fully saturated rings. The van der Waals surface area contributed by atoms with Gasteiger partial charge >= 0.3 is 12.1 Å². The van der Waals surface area contributed by atoms with E-state index in [2.05, 4.69) is 20.9 Å². The molecule has 0 spiro atoms. The molecule has 12 heteroatoms. The highest BCUT2D eigenvalue weighted by atomic mass is 16.5. The highest BCUT2D eigenvalue weighted by Crippen LogP contribution is 2.29. The average Bonchev–Trinajstić information content (AvgIpc) is 3.44. The molecule has 0 saturated carbocycles. The lowest BCUT2D eigenvalue weighted by Gasteiger charge is -2.38. The van der Waals surface area contributed by atoms with E-state index < -0.39 is 53.1 Å². The number of hydrogen-bond donors (Lipinski definition) is 4. The Morgan fingerprint density at radius 2 is 1.41 bits per heavy atom. The molecule has 1 aliphatic heterocycles. The van der Waals surface area contributed by atoms with E-state index in [4.69, 9.17) is 4.74 Å². The molecule has 4 N–H and O–H groups in total. The number of ether oxygens (including phenoxy) is 1. The van der Waals surface area contributed by atoms with Gasteiger partial charge in [0, 0.05) is 24.8 Å². The van der Waals surface area contributed by atoms with Crippen molar-refractivity contribution in [2.75, 3.05) is 20.2 Å². The van der Waals surface area contributed by atoms with Crippen LogP contribution in [0.25, 0.3) is 0 Å². The minimum Gasteiger partial charge on any atom is -0.453 e. The Balaban J connectivity index is 1.60. The van der Waals surface area contributed by atoms with Crippen LogP contribution in [0.15, 0.2) is 78.9 Å². The normalized spacial score (nSPS) is 16.2. The molecule has 4 rings (SSSR count). The largest absolute Gasteiger partial charge is 0.453 e. The SMILES string of the molecule is COC(=O)NC(C(=O)NC(Cc1ccccc1)C(O)CC(Cc1ccccc1)NC(=O)C(N1CCN(Cc2cccc(C)n2)C1=O)C(C)(C)C)C(C)(C)C. The van der Waals surface area contributed by atoms with Gasteiger partial charge in [0.15, 0.2) is 0 Å². The number of hydrogen-bond acceptors (Lipinski definition) is 7. The quantitative estimate of drug-likeness (QED) is 0.171. The van der Waals surface area contributed by atoms with Crippen molar-refractivity contribution in [2.24, 2.45) is 10.8 Å². The second kappa shape index (κ2) is 18.4. The summed E-state index contributed by atoms with van der Waals surface area (Å²) in [5, 5.41) is 20.9. The first kappa shape index (κ1) is 41.8. The van der Waals surface area contributed by atoms with Crippen molar-refractivity contribution in [3.8, 4) is 0 Å². The lowest BCUT2D eigenvalue weighted by Crippen LogP contribution is -2.59. The van der Waals surface area contributed by atoms with Gasteiger partial charge in [-0.05, 0) is 60.3 Å². The molecule has 5 unspecified atom stereocenters. The molecule has 12 nitrogen and oxygen atoms in total. The van der Waals surface area contributed by atoms with Crippen LogP contribution < -0.4 is 16.0 Å². The number of carbonyl (C=O) groups excluding carboxylic acids is 4. The maximum Gasteiger partial charge on any atom is 0.407 e. The molecule has 0 bridgehead atoms. The number of aryl methyl sites for hydroxylation is 1. The second-order valence-corrected chi connectivity index (χ2v) is 16.4. The van der Waals surface area contributed by atoms with Crippen LogP contribution in [0.2, 0.25) is 0 Å². The van der Waals surface area contributed by atoms with Crippen LogP contribution >= 0.6 is 0 Å². The molecule has 2 aromatic carbocycles. The molecule has 1 aromatic heterocycles. The summed E-state index contributed by atoms with van der Waals surface area (Å²) in [5.41, 5.74) is 2.20. The zero-order valence-corrected chi connectivity index (χ0v) is 33.0. The third-order valence-electron chi connectivity index (χ3n) is 9.67. The standard InChI is InChI=1S/C42H58N6O6/c1-28-16-15-21-31(43-28)27-47-22-23-48(40(47)53)36(42(5,6)7)38(51)44-32(24-29-17-11-9-12-18-29)26-34(49)33(25-30-19-13-10-14-20-30)45-37(50)35(41(2,3)4)46-39(52)54-8/h9-21,32-36,49H,22-27H2,1-8H3,(H,44,51)(H,45,50)(H,46,52). The number of amides is 5. The molecule has 1 aliphatic rings. The monoisotopic (exact) mass is 742 g/mol. The average molecular weight is 743 g/mol.